The fourth-order valence-electron chi connectivity index (χ4n) is 3.28. The molecular formula is C20H16F2N4S. The van der Waals surface area contributed by atoms with E-state index < -0.39 is 11.6 Å². The van der Waals surface area contributed by atoms with Crippen LogP contribution in [0.15, 0.2) is 30.5 Å². The minimum atomic E-state index is -0.846. The summed E-state index contributed by atoms with van der Waals surface area (Å²) in [7, 11) is 0. The molecule has 3 heterocycles. The zero-order valence-electron chi connectivity index (χ0n) is 14.6. The average Bonchev–Trinajstić information content (AvgIpc) is 3.43. The van der Waals surface area contributed by atoms with Crippen LogP contribution in [0.25, 0.3) is 20.3 Å². The summed E-state index contributed by atoms with van der Waals surface area (Å²) in [5.74, 6) is 0.468. The molecule has 1 saturated carbocycles. The normalized spacial score (nSPS) is 14.2. The highest BCUT2D eigenvalue weighted by atomic mass is 32.1. The number of halogens is 2. The molecule has 3 aromatic heterocycles. The van der Waals surface area contributed by atoms with E-state index in [1.807, 2.05) is 13.0 Å². The molecule has 1 fully saturated rings. The van der Waals surface area contributed by atoms with Gasteiger partial charge in [0.05, 0.1) is 10.4 Å². The lowest BCUT2D eigenvalue weighted by Gasteiger charge is -2.07. The van der Waals surface area contributed by atoms with Crippen LogP contribution in [0.3, 0.4) is 0 Å². The lowest BCUT2D eigenvalue weighted by molar-refractivity contribution is 0.507. The van der Waals surface area contributed by atoms with Crippen LogP contribution in [0.5, 0.6) is 0 Å². The van der Waals surface area contributed by atoms with Crippen LogP contribution in [0.4, 0.5) is 14.6 Å². The van der Waals surface area contributed by atoms with Crippen molar-refractivity contribution < 1.29 is 8.78 Å². The number of hydrogen-bond acceptors (Lipinski definition) is 5. The van der Waals surface area contributed by atoms with Crippen LogP contribution in [0.2, 0.25) is 0 Å². The number of benzene rings is 1. The van der Waals surface area contributed by atoms with E-state index in [1.165, 1.54) is 18.9 Å². The summed E-state index contributed by atoms with van der Waals surface area (Å²) in [6.07, 6.45) is 4.08. The van der Waals surface area contributed by atoms with Gasteiger partial charge in [0.15, 0.2) is 11.6 Å². The molecule has 0 bridgehead atoms. The third kappa shape index (κ3) is 2.92. The molecule has 1 aliphatic carbocycles. The predicted molar refractivity (Wildman–Crippen MR) is 103 cm³/mol. The first-order valence-electron chi connectivity index (χ1n) is 8.83. The molecular weight excluding hydrogens is 366 g/mol. The maximum absolute atomic E-state index is 13.4. The van der Waals surface area contributed by atoms with Crippen molar-refractivity contribution in [3.8, 4) is 0 Å². The molecule has 0 atom stereocenters. The van der Waals surface area contributed by atoms with Crippen LogP contribution in [0.1, 0.15) is 35.8 Å². The minimum Gasteiger partial charge on any atom is -0.365 e. The fraction of sp³-hybridized carbons (Fsp3) is 0.250. The molecule has 0 amide bonds. The molecule has 1 aliphatic rings. The zero-order valence-corrected chi connectivity index (χ0v) is 15.4. The summed E-state index contributed by atoms with van der Waals surface area (Å²) in [5, 5.41) is 5.38. The van der Waals surface area contributed by atoms with Gasteiger partial charge in [-0.3, -0.25) is 0 Å². The van der Waals surface area contributed by atoms with E-state index in [0.29, 0.717) is 23.8 Å². The van der Waals surface area contributed by atoms with E-state index in [4.69, 9.17) is 9.97 Å². The number of nitrogens with one attached hydrogen (secondary N) is 1. The van der Waals surface area contributed by atoms with Gasteiger partial charge in [-0.15, -0.1) is 11.3 Å². The maximum Gasteiger partial charge on any atom is 0.159 e. The van der Waals surface area contributed by atoms with Gasteiger partial charge < -0.3 is 5.32 Å². The number of thiophene rings is 1. The highest BCUT2D eigenvalue weighted by Crippen LogP contribution is 2.42. The first-order chi connectivity index (χ1) is 13.1. The summed E-state index contributed by atoms with van der Waals surface area (Å²) in [5.41, 5.74) is 1.65. The Morgan fingerprint density at radius 2 is 2.00 bits per heavy atom. The minimum absolute atomic E-state index is 0.357. The van der Waals surface area contributed by atoms with E-state index in [2.05, 4.69) is 10.3 Å². The van der Waals surface area contributed by atoms with Crippen molar-refractivity contribution in [1.29, 1.82) is 0 Å². The Kier molecular flexibility index (Phi) is 3.79. The van der Waals surface area contributed by atoms with E-state index in [0.717, 1.165) is 37.9 Å². The van der Waals surface area contributed by atoms with Crippen molar-refractivity contribution >= 4 is 37.5 Å². The van der Waals surface area contributed by atoms with Crippen LogP contribution < -0.4 is 5.32 Å². The van der Waals surface area contributed by atoms with Gasteiger partial charge in [0.25, 0.3) is 0 Å². The van der Waals surface area contributed by atoms with Crippen molar-refractivity contribution in [2.24, 2.45) is 0 Å². The van der Waals surface area contributed by atoms with Gasteiger partial charge in [-0.1, -0.05) is 6.07 Å². The Balaban J connectivity index is 1.54. The summed E-state index contributed by atoms with van der Waals surface area (Å²) in [4.78, 5) is 14.9. The van der Waals surface area contributed by atoms with Crippen LogP contribution in [-0.4, -0.2) is 15.0 Å². The number of aryl methyl sites for hydroxylation is 1. The lowest BCUT2D eigenvalue weighted by Crippen LogP contribution is -2.02. The van der Waals surface area contributed by atoms with E-state index in [9.17, 15) is 8.78 Å². The van der Waals surface area contributed by atoms with Crippen molar-refractivity contribution in [2.75, 3.05) is 5.32 Å². The van der Waals surface area contributed by atoms with Crippen molar-refractivity contribution in [3.63, 3.8) is 0 Å². The largest absolute Gasteiger partial charge is 0.365 e. The first kappa shape index (κ1) is 16.5. The van der Waals surface area contributed by atoms with Crippen molar-refractivity contribution in [1.82, 2.24) is 15.0 Å². The van der Waals surface area contributed by atoms with Gasteiger partial charge in [0.1, 0.15) is 16.5 Å². The van der Waals surface area contributed by atoms with Gasteiger partial charge in [-0.25, -0.2) is 23.7 Å². The third-order valence-electron chi connectivity index (χ3n) is 4.83. The number of fused-ring (bicyclic) bond motifs is 3. The number of rotatable bonds is 4. The number of nitrogens with zero attached hydrogens (tertiary/aromatic N) is 3. The van der Waals surface area contributed by atoms with E-state index >= 15 is 0 Å². The van der Waals surface area contributed by atoms with Crippen molar-refractivity contribution in [2.45, 2.75) is 32.2 Å². The van der Waals surface area contributed by atoms with Gasteiger partial charge in [0.2, 0.25) is 0 Å². The van der Waals surface area contributed by atoms with Crippen LogP contribution in [0, 0.1) is 18.6 Å². The second-order valence-electron chi connectivity index (χ2n) is 6.86. The van der Waals surface area contributed by atoms with E-state index in [-0.39, 0.29) is 0 Å². The third-order valence-corrected chi connectivity index (χ3v) is 5.94. The quantitative estimate of drug-likeness (QED) is 0.519. The van der Waals surface area contributed by atoms with Crippen LogP contribution in [-0.2, 0) is 6.54 Å². The molecule has 4 aromatic rings. The molecule has 7 heteroatoms. The monoisotopic (exact) mass is 382 g/mol. The molecule has 27 heavy (non-hydrogen) atoms. The van der Waals surface area contributed by atoms with Crippen molar-refractivity contribution in [3.05, 3.63) is 59.2 Å². The highest BCUT2D eigenvalue weighted by Gasteiger charge is 2.28. The Hall–Kier alpha value is -2.67. The molecule has 1 aromatic carbocycles. The molecule has 136 valence electrons. The summed E-state index contributed by atoms with van der Waals surface area (Å²) in [6, 6.07) is 5.88. The SMILES string of the molecule is Cc1nc(C2CC2)nc2sc3c(NCc4ccc(F)c(F)c4)nccc3c12. The van der Waals surface area contributed by atoms with Gasteiger partial charge >= 0.3 is 0 Å². The zero-order chi connectivity index (χ0) is 18.5. The Morgan fingerprint density at radius 3 is 2.78 bits per heavy atom. The second kappa shape index (κ2) is 6.20. The maximum atomic E-state index is 13.4. The fourth-order valence-corrected chi connectivity index (χ4v) is 4.48. The van der Waals surface area contributed by atoms with Gasteiger partial charge in [-0.2, -0.15) is 0 Å². The number of hydrogen-bond donors (Lipinski definition) is 1. The smallest absolute Gasteiger partial charge is 0.159 e. The molecule has 1 N–H and O–H groups in total. The summed E-state index contributed by atoms with van der Waals surface area (Å²) < 4.78 is 27.5. The summed E-state index contributed by atoms with van der Waals surface area (Å²) >= 11 is 1.59. The first-order valence-corrected chi connectivity index (χ1v) is 9.65. The molecule has 0 spiro atoms. The number of pyridine rings is 1. The van der Waals surface area contributed by atoms with Gasteiger partial charge in [0, 0.05) is 29.4 Å². The standard InChI is InChI=1S/C20H16F2N4S/c1-10-16-13-6-7-23-19(24-9-11-2-5-14(21)15(22)8-11)17(13)27-20(16)26-18(25-10)12-3-4-12/h2,5-8,12H,3-4,9H2,1H3,(H,23,24). The average molecular weight is 382 g/mol. The number of anilines is 1. The van der Waals surface area contributed by atoms with E-state index in [1.54, 1.807) is 23.6 Å². The predicted octanol–water partition coefficient (Wildman–Crippen LogP) is 5.32. The second-order valence-corrected chi connectivity index (χ2v) is 7.86. The van der Waals surface area contributed by atoms with Gasteiger partial charge in [-0.05, 0) is 43.5 Å². The highest BCUT2D eigenvalue weighted by molar-refractivity contribution is 7.26. The Bertz CT molecular complexity index is 1180. The molecule has 0 aliphatic heterocycles. The Morgan fingerprint density at radius 1 is 1.15 bits per heavy atom. The Labute approximate surface area is 158 Å². The summed E-state index contributed by atoms with van der Waals surface area (Å²) in [6.45, 7) is 2.38. The molecule has 5 rings (SSSR count). The topological polar surface area (TPSA) is 50.7 Å². The van der Waals surface area contributed by atoms with Crippen LogP contribution >= 0.6 is 11.3 Å². The number of aromatic nitrogens is 3. The lowest BCUT2D eigenvalue weighted by atomic mass is 10.2. The molecule has 0 saturated heterocycles. The molecule has 0 radical (unpaired) electrons. The molecule has 0 unspecified atom stereocenters. The molecule has 4 nitrogen and oxygen atoms in total.